The standard InChI is InChI=1S/C19H25ClN2O5S/c1-14-3-2-4-16(13-27-19(24)21-11-9-17(23)10-12-21)22(14)28(25,26)18-7-5-15(20)6-8-18/h5-8,14,16H,2-4,9-13H2,1H3/t14-,16-/m1/s1. The molecule has 9 heteroatoms. The molecule has 2 aliphatic heterocycles. The molecule has 1 aromatic rings. The topological polar surface area (TPSA) is 84.0 Å². The van der Waals surface area contributed by atoms with Crippen LogP contribution in [0.3, 0.4) is 0 Å². The minimum Gasteiger partial charge on any atom is -0.448 e. The first-order valence-corrected chi connectivity index (χ1v) is 11.3. The zero-order valence-corrected chi connectivity index (χ0v) is 17.4. The van der Waals surface area contributed by atoms with E-state index in [9.17, 15) is 18.0 Å². The molecule has 0 bridgehead atoms. The number of piperidine rings is 2. The number of sulfonamides is 1. The fourth-order valence-electron chi connectivity index (χ4n) is 3.78. The van der Waals surface area contributed by atoms with Gasteiger partial charge < -0.3 is 9.64 Å². The Morgan fingerprint density at radius 3 is 2.46 bits per heavy atom. The normalized spacial score (nSPS) is 24.2. The molecule has 28 heavy (non-hydrogen) atoms. The van der Waals surface area contributed by atoms with Gasteiger partial charge in [0.2, 0.25) is 10.0 Å². The maximum atomic E-state index is 13.2. The fraction of sp³-hybridized carbons (Fsp3) is 0.579. The first-order valence-electron chi connectivity index (χ1n) is 9.51. The monoisotopic (exact) mass is 428 g/mol. The van der Waals surface area contributed by atoms with Gasteiger partial charge >= 0.3 is 6.09 Å². The summed E-state index contributed by atoms with van der Waals surface area (Å²) in [6.45, 7) is 2.58. The molecule has 2 aliphatic rings. The second-order valence-electron chi connectivity index (χ2n) is 7.33. The van der Waals surface area contributed by atoms with Crippen LogP contribution in [0.5, 0.6) is 0 Å². The highest BCUT2D eigenvalue weighted by molar-refractivity contribution is 7.89. The summed E-state index contributed by atoms with van der Waals surface area (Å²) in [5, 5.41) is 0.469. The fourth-order valence-corrected chi connectivity index (χ4v) is 5.77. The van der Waals surface area contributed by atoms with E-state index in [-0.39, 0.29) is 23.3 Å². The van der Waals surface area contributed by atoms with Crippen LogP contribution in [0.25, 0.3) is 0 Å². The van der Waals surface area contributed by atoms with Crippen LogP contribution in [0.15, 0.2) is 29.2 Å². The van der Waals surface area contributed by atoms with Gasteiger partial charge in [-0.1, -0.05) is 18.0 Å². The number of halogens is 1. The lowest BCUT2D eigenvalue weighted by molar-refractivity contribution is -0.121. The van der Waals surface area contributed by atoms with Crippen LogP contribution in [0.4, 0.5) is 4.79 Å². The lowest BCUT2D eigenvalue weighted by atomic mass is 10.0. The highest BCUT2D eigenvalue weighted by atomic mass is 35.5. The van der Waals surface area contributed by atoms with E-state index in [2.05, 4.69) is 0 Å². The van der Waals surface area contributed by atoms with E-state index >= 15 is 0 Å². The predicted octanol–water partition coefficient (Wildman–Crippen LogP) is 3.07. The van der Waals surface area contributed by atoms with Crippen molar-refractivity contribution in [1.82, 2.24) is 9.21 Å². The number of benzene rings is 1. The molecule has 2 heterocycles. The molecule has 0 saturated carbocycles. The number of rotatable bonds is 4. The second-order valence-corrected chi connectivity index (χ2v) is 9.60. The van der Waals surface area contributed by atoms with E-state index in [1.807, 2.05) is 6.92 Å². The molecule has 0 aliphatic carbocycles. The lowest BCUT2D eigenvalue weighted by Gasteiger charge is -2.39. The van der Waals surface area contributed by atoms with Crippen LogP contribution in [-0.2, 0) is 19.6 Å². The number of carbonyl (C=O) groups is 2. The number of carbonyl (C=O) groups excluding carboxylic acids is 2. The number of hydrogen-bond donors (Lipinski definition) is 0. The van der Waals surface area contributed by atoms with Crippen LogP contribution in [-0.4, -0.2) is 61.3 Å². The van der Waals surface area contributed by atoms with E-state index in [1.165, 1.54) is 21.3 Å². The average Bonchev–Trinajstić information content (AvgIpc) is 2.66. The zero-order chi connectivity index (χ0) is 20.3. The molecule has 2 saturated heterocycles. The summed E-state index contributed by atoms with van der Waals surface area (Å²) in [5.41, 5.74) is 0. The van der Waals surface area contributed by atoms with Gasteiger partial charge in [-0.25, -0.2) is 13.2 Å². The number of nitrogens with zero attached hydrogens (tertiary/aromatic N) is 2. The summed E-state index contributed by atoms with van der Waals surface area (Å²) >= 11 is 5.88. The molecule has 7 nitrogen and oxygen atoms in total. The predicted molar refractivity (Wildman–Crippen MR) is 105 cm³/mol. The molecule has 3 rings (SSSR count). The molecule has 0 aromatic heterocycles. The molecular weight excluding hydrogens is 404 g/mol. The van der Waals surface area contributed by atoms with Gasteiger partial charge in [0.1, 0.15) is 12.4 Å². The minimum atomic E-state index is -3.73. The van der Waals surface area contributed by atoms with Gasteiger partial charge in [-0.05, 0) is 44.0 Å². The first-order chi connectivity index (χ1) is 13.3. The van der Waals surface area contributed by atoms with E-state index in [0.717, 1.165) is 12.8 Å². The molecule has 0 unspecified atom stereocenters. The van der Waals surface area contributed by atoms with E-state index in [0.29, 0.717) is 37.4 Å². The number of Topliss-reactive ketones (excluding diaryl/α,β-unsaturated/α-hetero) is 1. The molecular formula is C19H25ClN2O5S. The van der Waals surface area contributed by atoms with Crippen molar-refractivity contribution < 1.29 is 22.7 Å². The summed E-state index contributed by atoms with van der Waals surface area (Å²) < 4.78 is 33.3. The lowest BCUT2D eigenvalue weighted by Crippen LogP contribution is -2.51. The number of ketones is 1. The molecule has 0 spiro atoms. The van der Waals surface area contributed by atoms with Crippen LogP contribution in [0, 0.1) is 0 Å². The summed E-state index contributed by atoms with van der Waals surface area (Å²) in [7, 11) is -3.73. The Kier molecular flexibility index (Phi) is 6.62. The van der Waals surface area contributed by atoms with E-state index < -0.39 is 22.2 Å². The highest BCUT2D eigenvalue weighted by Gasteiger charge is 2.38. The summed E-state index contributed by atoms with van der Waals surface area (Å²) in [6, 6.07) is 5.48. The Balaban J connectivity index is 1.71. The van der Waals surface area contributed by atoms with Crippen molar-refractivity contribution in [1.29, 1.82) is 0 Å². The third-order valence-electron chi connectivity index (χ3n) is 5.32. The van der Waals surface area contributed by atoms with Crippen molar-refractivity contribution in [2.24, 2.45) is 0 Å². The van der Waals surface area contributed by atoms with Crippen LogP contribution >= 0.6 is 11.6 Å². The number of amides is 1. The molecule has 1 aromatic carbocycles. The maximum absolute atomic E-state index is 13.2. The average molecular weight is 429 g/mol. The quantitative estimate of drug-likeness (QED) is 0.735. The van der Waals surface area contributed by atoms with Crippen molar-refractivity contribution in [3.63, 3.8) is 0 Å². The second kappa shape index (κ2) is 8.80. The third kappa shape index (κ3) is 4.67. The first kappa shape index (κ1) is 21.1. The molecule has 2 atom stereocenters. The van der Waals surface area contributed by atoms with Gasteiger partial charge in [0, 0.05) is 37.0 Å². The number of likely N-dealkylation sites (tertiary alicyclic amines) is 1. The zero-order valence-electron chi connectivity index (χ0n) is 15.8. The summed E-state index contributed by atoms with van der Waals surface area (Å²) in [4.78, 5) is 25.3. The van der Waals surface area contributed by atoms with Crippen molar-refractivity contribution in [3.05, 3.63) is 29.3 Å². The van der Waals surface area contributed by atoms with Crippen molar-refractivity contribution >= 4 is 33.5 Å². The van der Waals surface area contributed by atoms with Crippen LogP contribution < -0.4 is 0 Å². The smallest absolute Gasteiger partial charge is 0.409 e. The van der Waals surface area contributed by atoms with Crippen molar-refractivity contribution in [3.8, 4) is 0 Å². The SMILES string of the molecule is C[C@@H]1CCC[C@H](COC(=O)N2CCC(=O)CC2)N1S(=O)(=O)c1ccc(Cl)cc1. The van der Waals surface area contributed by atoms with E-state index in [4.69, 9.17) is 16.3 Å². The number of hydrogen-bond acceptors (Lipinski definition) is 5. The van der Waals surface area contributed by atoms with Crippen LogP contribution in [0.1, 0.15) is 39.0 Å². The Hall–Kier alpha value is -1.64. The van der Waals surface area contributed by atoms with Crippen molar-refractivity contribution in [2.45, 2.75) is 56.0 Å². The molecule has 0 radical (unpaired) electrons. The van der Waals surface area contributed by atoms with Gasteiger partial charge in [0.15, 0.2) is 0 Å². The van der Waals surface area contributed by atoms with Crippen molar-refractivity contribution in [2.75, 3.05) is 19.7 Å². The van der Waals surface area contributed by atoms with E-state index in [1.54, 1.807) is 12.1 Å². The molecule has 1 amide bonds. The van der Waals surface area contributed by atoms with Gasteiger partial charge in [0.05, 0.1) is 10.9 Å². The minimum absolute atomic E-state index is 0.000436. The Morgan fingerprint density at radius 1 is 1.18 bits per heavy atom. The molecule has 2 fully saturated rings. The Labute approximate surface area is 170 Å². The van der Waals surface area contributed by atoms with Crippen LogP contribution in [0.2, 0.25) is 5.02 Å². The summed E-state index contributed by atoms with van der Waals surface area (Å²) in [6.07, 6.45) is 2.44. The van der Waals surface area contributed by atoms with Gasteiger partial charge in [-0.3, -0.25) is 4.79 Å². The Morgan fingerprint density at radius 2 is 1.82 bits per heavy atom. The summed E-state index contributed by atoms with van der Waals surface area (Å²) in [5.74, 6) is 0.144. The van der Waals surface area contributed by atoms with Gasteiger partial charge in [-0.15, -0.1) is 0 Å². The maximum Gasteiger partial charge on any atom is 0.409 e. The van der Waals surface area contributed by atoms with Gasteiger partial charge in [0.25, 0.3) is 0 Å². The largest absolute Gasteiger partial charge is 0.448 e. The molecule has 154 valence electrons. The highest BCUT2D eigenvalue weighted by Crippen LogP contribution is 2.30. The Bertz CT molecular complexity index is 817. The third-order valence-corrected chi connectivity index (χ3v) is 7.65. The number of ether oxygens (including phenoxy) is 1. The van der Waals surface area contributed by atoms with Gasteiger partial charge in [-0.2, -0.15) is 4.31 Å². The molecule has 0 N–H and O–H groups in total.